The van der Waals surface area contributed by atoms with Crippen molar-refractivity contribution in [1.29, 1.82) is 0 Å². The van der Waals surface area contributed by atoms with Gasteiger partial charge >= 0.3 is 0 Å². The second-order valence-corrected chi connectivity index (χ2v) is 14.2. The maximum Gasteiger partial charge on any atom is 0.267 e. The molecule has 0 aliphatic carbocycles. The molecule has 0 radical (unpaired) electrons. The van der Waals surface area contributed by atoms with Crippen LogP contribution in [0.1, 0.15) is 181 Å². The third kappa shape index (κ3) is 29.5. The van der Waals surface area contributed by atoms with E-state index in [1.54, 1.807) is 6.08 Å². The minimum absolute atomic E-state index is 0.285. The van der Waals surface area contributed by atoms with E-state index < -0.39 is 40.0 Å². The summed E-state index contributed by atoms with van der Waals surface area (Å²) < 4.78 is 32.2. The van der Waals surface area contributed by atoms with Gasteiger partial charge in [0.1, 0.15) is 6.10 Å². The topological polar surface area (TPSA) is 124 Å². The highest BCUT2D eigenvalue weighted by atomic mass is 32.2. The van der Waals surface area contributed by atoms with E-state index in [1.165, 1.54) is 109 Å². The van der Waals surface area contributed by atoms with Crippen LogP contribution in [0, 0.1) is 0 Å². The van der Waals surface area contributed by atoms with Crippen molar-refractivity contribution in [2.24, 2.45) is 0 Å². The molecule has 0 rings (SSSR count). The Bertz CT molecular complexity index is 757. The van der Waals surface area contributed by atoms with Crippen molar-refractivity contribution in [3.63, 3.8) is 0 Å². The summed E-state index contributed by atoms with van der Waals surface area (Å²) >= 11 is 0. The normalized spacial score (nSPS) is 14.3. The number of nitrogens with one attached hydrogen (secondary N) is 1. The summed E-state index contributed by atoms with van der Waals surface area (Å²) in [6.45, 7) is 4.42. The Balaban J connectivity index is 3.92. The molecule has 0 saturated heterocycles. The SMILES string of the molecule is CCCCCCC/C=C/C(O)C(CS(=O)(=O)O)NC(=O)C(O)CCCCCCCCCCCCCCCCCCCCC. The molecule has 4 N–H and O–H groups in total. The second kappa shape index (κ2) is 29.7. The fraction of sp³-hybridized carbons (Fsp3) is 0.914. The Hall–Kier alpha value is -0.960. The molecule has 256 valence electrons. The Morgan fingerprint density at radius 2 is 1.00 bits per heavy atom. The van der Waals surface area contributed by atoms with Gasteiger partial charge in [-0.3, -0.25) is 9.35 Å². The molecule has 0 spiro atoms. The van der Waals surface area contributed by atoms with Crippen LogP contribution >= 0.6 is 0 Å². The molecule has 7 nitrogen and oxygen atoms in total. The highest BCUT2D eigenvalue weighted by Gasteiger charge is 2.27. The van der Waals surface area contributed by atoms with Gasteiger partial charge in [-0.15, -0.1) is 0 Å². The molecule has 3 unspecified atom stereocenters. The summed E-state index contributed by atoms with van der Waals surface area (Å²) in [5.41, 5.74) is 0. The van der Waals surface area contributed by atoms with Crippen LogP contribution in [0.4, 0.5) is 0 Å². The first kappa shape index (κ1) is 42.0. The van der Waals surface area contributed by atoms with Crippen LogP contribution in [0.2, 0.25) is 0 Å². The monoisotopic (exact) mass is 631 g/mol. The van der Waals surface area contributed by atoms with E-state index >= 15 is 0 Å². The smallest absolute Gasteiger partial charge is 0.267 e. The number of carbonyl (C=O) groups is 1. The molecule has 0 saturated carbocycles. The average molecular weight is 632 g/mol. The van der Waals surface area contributed by atoms with Crippen LogP contribution in [0.15, 0.2) is 12.2 Å². The van der Waals surface area contributed by atoms with Crippen molar-refractivity contribution in [1.82, 2.24) is 5.32 Å². The largest absolute Gasteiger partial charge is 0.387 e. The fourth-order valence-corrected chi connectivity index (χ4v) is 6.25. The van der Waals surface area contributed by atoms with Crippen LogP contribution in [0.5, 0.6) is 0 Å². The van der Waals surface area contributed by atoms with Gasteiger partial charge in [-0.2, -0.15) is 8.42 Å². The van der Waals surface area contributed by atoms with Crippen molar-refractivity contribution < 1.29 is 28.0 Å². The van der Waals surface area contributed by atoms with Crippen molar-refractivity contribution >= 4 is 16.0 Å². The Morgan fingerprint density at radius 1 is 0.628 bits per heavy atom. The predicted octanol–water partition coefficient (Wildman–Crippen LogP) is 8.82. The van der Waals surface area contributed by atoms with Crippen LogP contribution < -0.4 is 5.32 Å². The second-order valence-electron chi connectivity index (χ2n) is 12.7. The molecule has 0 heterocycles. The van der Waals surface area contributed by atoms with Crippen LogP contribution in [-0.4, -0.2) is 53.1 Å². The maximum absolute atomic E-state index is 12.5. The Labute approximate surface area is 265 Å². The number of amides is 1. The lowest BCUT2D eigenvalue weighted by Gasteiger charge is -2.22. The third-order valence-corrected chi connectivity index (χ3v) is 9.10. The third-order valence-electron chi connectivity index (χ3n) is 8.32. The van der Waals surface area contributed by atoms with Crippen LogP contribution in [-0.2, 0) is 14.9 Å². The number of carbonyl (C=O) groups excluding carboxylic acids is 1. The van der Waals surface area contributed by atoms with Gasteiger partial charge in [-0.05, 0) is 19.3 Å². The molecule has 0 aromatic carbocycles. The summed E-state index contributed by atoms with van der Waals surface area (Å²) in [6, 6.07) is -1.22. The number of rotatable bonds is 32. The molecular formula is C35H69NO6S. The van der Waals surface area contributed by atoms with Crippen LogP contribution in [0.25, 0.3) is 0 Å². The number of aliphatic hydroxyl groups is 2. The molecule has 43 heavy (non-hydrogen) atoms. The Morgan fingerprint density at radius 3 is 1.40 bits per heavy atom. The lowest BCUT2D eigenvalue weighted by molar-refractivity contribution is -0.130. The van der Waals surface area contributed by atoms with E-state index in [4.69, 9.17) is 0 Å². The number of hydrogen-bond acceptors (Lipinski definition) is 5. The number of aliphatic hydroxyl groups excluding tert-OH is 2. The van der Waals surface area contributed by atoms with Crippen LogP contribution in [0.3, 0.4) is 0 Å². The van der Waals surface area contributed by atoms with Crippen molar-refractivity contribution in [2.75, 3.05) is 5.75 Å². The zero-order valence-corrected chi connectivity index (χ0v) is 28.8. The van der Waals surface area contributed by atoms with E-state index in [0.29, 0.717) is 6.42 Å². The minimum Gasteiger partial charge on any atom is -0.387 e. The van der Waals surface area contributed by atoms with E-state index in [9.17, 15) is 28.0 Å². The molecule has 3 atom stereocenters. The number of unbranched alkanes of at least 4 members (excludes halogenated alkanes) is 23. The van der Waals surface area contributed by atoms with E-state index in [-0.39, 0.29) is 6.42 Å². The standard InChI is InChI=1S/C35H69NO6S/c1-3-5-7-9-11-12-13-14-15-16-17-18-19-20-21-22-24-26-28-30-34(38)35(39)36-32(31-43(40,41)42)33(37)29-27-25-23-10-8-6-4-2/h27,29,32-34,37-38H,3-26,28,30-31H2,1-2H3,(H,36,39)(H,40,41,42)/b29-27+. The summed E-state index contributed by atoms with van der Waals surface area (Å²) in [6.07, 6.45) is 31.6. The summed E-state index contributed by atoms with van der Waals surface area (Å²) in [5.74, 6) is -1.53. The molecule has 0 aromatic rings. The molecule has 0 aliphatic rings. The first-order valence-corrected chi connectivity index (χ1v) is 19.6. The zero-order chi connectivity index (χ0) is 32.0. The summed E-state index contributed by atoms with van der Waals surface area (Å²) in [5, 5.41) is 23.1. The van der Waals surface area contributed by atoms with Gasteiger partial charge in [-0.25, -0.2) is 0 Å². The Kier molecular flexibility index (Phi) is 29.1. The lowest BCUT2D eigenvalue weighted by Crippen LogP contribution is -2.50. The lowest BCUT2D eigenvalue weighted by atomic mass is 10.0. The van der Waals surface area contributed by atoms with E-state index in [1.807, 2.05) is 0 Å². The molecule has 0 aromatic heterocycles. The quantitative estimate of drug-likeness (QED) is 0.0334. The fourth-order valence-electron chi connectivity index (χ4n) is 5.51. The van der Waals surface area contributed by atoms with E-state index in [2.05, 4.69) is 19.2 Å². The zero-order valence-electron chi connectivity index (χ0n) is 28.0. The van der Waals surface area contributed by atoms with Crippen molar-refractivity contribution in [3.8, 4) is 0 Å². The highest BCUT2D eigenvalue weighted by Crippen LogP contribution is 2.15. The number of allylic oxidation sites excluding steroid dienone is 1. The van der Waals surface area contributed by atoms with Gasteiger partial charge in [0.25, 0.3) is 10.1 Å². The predicted molar refractivity (Wildman–Crippen MR) is 181 cm³/mol. The summed E-state index contributed by atoms with van der Waals surface area (Å²) in [7, 11) is -4.42. The van der Waals surface area contributed by atoms with E-state index in [0.717, 1.165) is 51.4 Å². The highest BCUT2D eigenvalue weighted by molar-refractivity contribution is 7.85. The molecule has 8 heteroatoms. The molecule has 0 bridgehead atoms. The van der Waals surface area contributed by atoms with Gasteiger partial charge in [0, 0.05) is 0 Å². The number of hydrogen-bond donors (Lipinski definition) is 4. The maximum atomic E-state index is 12.5. The van der Waals surface area contributed by atoms with Gasteiger partial charge < -0.3 is 15.5 Å². The average Bonchev–Trinajstić information content (AvgIpc) is 2.96. The van der Waals surface area contributed by atoms with Gasteiger partial charge in [0.15, 0.2) is 0 Å². The van der Waals surface area contributed by atoms with Crippen molar-refractivity contribution in [3.05, 3.63) is 12.2 Å². The molecule has 0 aliphatic heterocycles. The first-order valence-electron chi connectivity index (χ1n) is 18.0. The van der Waals surface area contributed by atoms with Crippen molar-refractivity contribution in [2.45, 2.75) is 199 Å². The minimum atomic E-state index is -4.42. The summed E-state index contributed by atoms with van der Waals surface area (Å²) in [4.78, 5) is 12.5. The molecule has 0 fully saturated rings. The molecular weight excluding hydrogens is 562 g/mol. The van der Waals surface area contributed by atoms with Gasteiger partial charge in [-0.1, -0.05) is 174 Å². The first-order chi connectivity index (χ1) is 20.7. The van der Waals surface area contributed by atoms with Gasteiger partial charge in [0.2, 0.25) is 5.91 Å². The molecule has 1 amide bonds. The van der Waals surface area contributed by atoms with Gasteiger partial charge in [0.05, 0.1) is 17.9 Å².